The maximum atomic E-state index is 13.8. The fourth-order valence-electron chi connectivity index (χ4n) is 3.94. The molecule has 0 spiro atoms. The van der Waals surface area contributed by atoms with Gasteiger partial charge in [0.15, 0.2) is 29.0 Å². The van der Waals surface area contributed by atoms with Crippen molar-refractivity contribution in [3.63, 3.8) is 0 Å². The molecule has 1 N–H and O–H groups in total. The average molecular weight is 482 g/mol. The number of halogens is 3. The molecule has 0 fully saturated rings. The van der Waals surface area contributed by atoms with Gasteiger partial charge in [-0.25, -0.2) is 23.1 Å². The Labute approximate surface area is 199 Å². The van der Waals surface area contributed by atoms with E-state index in [1.165, 1.54) is 6.20 Å². The molecule has 0 radical (unpaired) electrons. The molecule has 35 heavy (non-hydrogen) atoms. The molecule has 0 saturated heterocycles. The maximum absolute atomic E-state index is 13.8. The van der Waals surface area contributed by atoms with Crippen LogP contribution < -0.4 is 19.7 Å². The number of fused-ring (bicyclic) bond motifs is 1. The van der Waals surface area contributed by atoms with Gasteiger partial charge < -0.3 is 24.3 Å². The number of imidazole rings is 1. The summed E-state index contributed by atoms with van der Waals surface area (Å²) in [4.78, 5) is 14.8. The molecule has 0 saturated carbocycles. The molecule has 1 aliphatic heterocycles. The van der Waals surface area contributed by atoms with Crippen molar-refractivity contribution in [3.05, 3.63) is 77.8 Å². The molecule has 2 aromatic carbocycles. The number of nitrogens with one attached hydrogen (secondary N) is 1. The van der Waals surface area contributed by atoms with Gasteiger partial charge in [-0.15, -0.1) is 0 Å². The third-order valence-corrected chi connectivity index (χ3v) is 5.75. The first-order valence-electron chi connectivity index (χ1n) is 10.7. The van der Waals surface area contributed by atoms with E-state index in [9.17, 15) is 13.2 Å². The Hall–Kier alpha value is -4.28. The molecule has 1 unspecified atom stereocenters. The third-order valence-electron chi connectivity index (χ3n) is 5.75. The molecular weight excluding hydrogens is 461 g/mol. The van der Waals surface area contributed by atoms with Crippen molar-refractivity contribution in [2.24, 2.45) is 0 Å². The topological polar surface area (TPSA) is 77.3 Å². The van der Waals surface area contributed by atoms with Gasteiger partial charge in [-0.1, -0.05) is 0 Å². The fourth-order valence-corrected chi connectivity index (χ4v) is 3.94. The number of hydrogen-bond acceptors (Lipinski definition) is 7. The van der Waals surface area contributed by atoms with Crippen molar-refractivity contribution in [1.82, 2.24) is 19.5 Å². The van der Waals surface area contributed by atoms with E-state index in [1.54, 1.807) is 31.5 Å². The molecule has 1 atom stereocenters. The molecule has 0 aliphatic carbocycles. The normalized spacial score (nSPS) is 14.9. The minimum atomic E-state index is -1.51. The minimum absolute atomic E-state index is 0.0938. The highest BCUT2D eigenvalue weighted by atomic mass is 19.2. The number of aromatic nitrogens is 4. The summed E-state index contributed by atoms with van der Waals surface area (Å²) < 4.78 is 54.1. The van der Waals surface area contributed by atoms with Gasteiger partial charge in [0.25, 0.3) is 0 Å². The second kappa shape index (κ2) is 8.82. The van der Waals surface area contributed by atoms with Crippen molar-refractivity contribution in [2.45, 2.75) is 13.0 Å². The standard InChI is InChI=1S/C24H21F3N6O2/c1-13-10-33(12-29-13)18-5-4-15(8-20(18)34-3)30-24-28-9-21-23(31-24)32(2)19(11-35-21)14-6-16(25)22(27)17(26)7-14/h4-10,12,19H,11H2,1-3H3,(H,28,30,31). The lowest BCUT2D eigenvalue weighted by Gasteiger charge is -2.35. The summed E-state index contributed by atoms with van der Waals surface area (Å²) in [6.45, 7) is 2.00. The molecule has 0 bridgehead atoms. The molecule has 3 heterocycles. The molecule has 2 aromatic heterocycles. The minimum Gasteiger partial charge on any atom is -0.494 e. The predicted molar refractivity (Wildman–Crippen MR) is 123 cm³/mol. The van der Waals surface area contributed by atoms with Crippen LogP contribution in [0.25, 0.3) is 5.69 Å². The Morgan fingerprint density at radius 2 is 1.89 bits per heavy atom. The smallest absolute Gasteiger partial charge is 0.229 e. The second-order valence-electron chi connectivity index (χ2n) is 8.05. The fraction of sp³-hybridized carbons (Fsp3) is 0.208. The zero-order chi connectivity index (χ0) is 24.7. The van der Waals surface area contributed by atoms with Crippen LogP contribution in [-0.4, -0.2) is 40.3 Å². The van der Waals surface area contributed by atoms with Gasteiger partial charge >= 0.3 is 0 Å². The van der Waals surface area contributed by atoms with E-state index in [1.807, 2.05) is 29.8 Å². The quantitative estimate of drug-likeness (QED) is 0.413. The molecule has 4 aromatic rings. The molecule has 8 nitrogen and oxygen atoms in total. The van der Waals surface area contributed by atoms with E-state index < -0.39 is 23.5 Å². The van der Waals surface area contributed by atoms with Crippen molar-refractivity contribution >= 4 is 17.5 Å². The lowest BCUT2D eigenvalue weighted by atomic mass is 10.0. The number of methoxy groups -OCH3 is 1. The highest BCUT2D eigenvalue weighted by molar-refractivity contribution is 5.64. The maximum Gasteiger partial charge on any atom is 0.229 e. The highest BCUT2D eigenvalue weighted by Crippen LogP contribution is 2.38. The summed E-state index contributed by atoms with van der Waals surface area (Å²) in [5, 5.41) is 3.13. The Morgan fingerprint density at radius 3 is 2.57 bits per heavy atom. The molecule has 180 valence electrons. The highest BCUT2D eigenvalue weighted by Gasteiger charge is 2.29. The van der Waals surface area contributed by atoms with E-state index in [0.717, 1.165) is 23.5 Å². The number of hydrogen-bond donors (Lipinski definition) is 1. The van der Waals surface area contributed by atoms with Crippen molar-refractivity contribution in [2.75, 3.05) is 31.0 Å². The summed E-state index contributed by atoms with van der Waals surface area (Å²) in [6.07, 6.45) is 5.11. The Bertz CT molecular complexity index is 1390. The van der Waals surface area contributed by atoms with Crippen LogP contribution in [-0.2, 0) is 0 Å². The summed E-state index contributed by atoms with van der Waals surface area (Å²) in [5.74, 6) is -2.29. The van der Waals surface area contributed by atoms with Crippen molar-refractivity contribution < 1.29 is 22.6 Å². The van der Waals surface area contributed by atoms with Crippen molar-refractivity contribution in [1.29, 1.82) is 0 Å². The van der Waals surface area contributed by atoms with E-state index in [-0.39, 0.29) is 18.1 Å². The van der Waals surface area contributed by atoms with Gasteiger partial charge in [-0.2, -0.15) is 4.98 Å². The Morgan fingerprint density at radius 1 is 1.11 bits per heavy atom. The van der Waals surface area contributed by atoms with E-state index in [0.29, 0.717) is 23.0 Å². The number of benzene rings is 2. The van der Waals surface area contributed by atoms with Crippen LogP contribution in [0, 0.1) is 24.4 Å². The van der Waals surface area contributed by atoms with Gasteiger partial charge in [0.2, 0.25) is 5.95 Å². The summed E-state index contributed by atoms with van der Waals surface area (Å²) in [5.41, 5.74) is 2.62. The van der Waals surface area contributed by atoms with E-state index in [2.05, 4.69) is 20.3 Å². The molecular formula is C24H21F3N6O2. The number of ether oxygens (including phenoxy) is 2. The number of aryl methyl sites for hydroxylation is 1. The lowest BCUT2D eigenvalue weighted by Crippen LogP contribution is -2.34. The number of likely N-dealkylation sites (N-methyl/N-ethyl adjacent to an activating group) is 1. The first kappa shape index (κ1) is 22.5. The van der Waals surface area contributed by atoms with Crippen LogP contribution in [0.15, 0.2) is 49.1 Å². The molecule has 5 rings (SSSR count). The predicted octanol–water partition coefficient (Wildman–Crippen LogP) is 4.71. The SMILES string of the molecule is COc1cc(Nc2ncc3c(n2)N(C)C(c2cc(F)c(F)c(F)c2)CO3)ccc1-n1cnc(C)c1. The van der Waals surface area contributed by atoms with Crippen LogP contribution >= 0.6 is 0 Å². The van der Waals surface area contributed by atoms with Gasteiger partial charge in [0.05, 0.1) is 37.1 Å². The first-order chi connectivity index (χ1) is 16.8. The average Bonchev–Trinajstić information content (AvgIpc) is 3.28. The van der Waals surface area contributed by atoms with Crippen LogP contribution in [0.5, 0.6) is 11.5 Å². The summed E-state index contributed by atoms with van der Waals surface area (Å²) in [7, 11) is 3.29. The van der Waals surface area contributed by atoms with Crippen LogP contribution in [0.4, 0.5) is 30.6 Å². The molecule has 0 amide bonds. The van der Waals surface area contributed by atoms with Crippen LogP contribution in [0.3, 0.4) is 0 Å². The Kier molecular flexibility index (Phi) is 5.67. The number of anilines is 3. The molecule has 11 heteroatoms. The largest absolute Gasteiger partial charge is 0.494 e. The Balaban J connectivity index is 1.41. The number of nitrogens with zero attached hydrogens (tertiary/aromatic N) is 5. The van der Waals surface area contributed by atoms with E-state index in [4.69, 9.17) is 9.47 Å². The lowest BCUT2D eigenvalue weighted by molar-refractivity contribution is 0.264. The first-order valence-corrected chi connectivity index (χ1v) is 10.7. The van der Waals surface area contributed by atoms with Gasteiger partial charge in [-0.3, -0.25) is 0 Å². The van der Waals surface area contributed by atoms with E-state index >= 15 is 0 Å². The van der Waals surface area contributed by atoms with Gasteiger partial charge in [0.1, 0.15) is 12.4 Å². The summed E-state index contributed by atoms with van der Waals surface area (Å²) in [6, 6.07) is 6.88. The van der Waals surface area contributed by atoms with Crippen molar-refractivity contribution in [3.8, 4) is 17.2 Å². The molecule has 1 aliphatic rings. The zero-order valence-electron chi connectivity index (χ0n) is 19.1. The third kappa shape index (κ3) is 4.20. The van der Waals surface area contributed by atoms with Gasteiger partial charge in [-0.05, 0) is 36.8 Å². The van der Waals surface area contributed by atoms with Crippen LogP contribution in [0.2, 0.25) is 0 Å². The monoisotopic (exact) mass is 482 g/mol. The summed E-state index contributed by atoms with van der Waals surface area (Å²) >= 11 is 0. The van der Waals surface area contributed by atoms with Crippen LogP contribution in [0.1, 0.15) is 17.3 Å². The zero-order valence-corrected chi connectivity index (χ0v) is 19.1. The second-order valence-corrected chi connectivity index (χ2v) is 8.05. The number of rotatable bonds is 5. The van der Waals surface area contributed by atoms with Gasteiger partial charge in [0, 0.05) is 25.0 Å².